The summed E-state index contributed by atoms with van der Waals surface area (Å²) in [5, 5.41) is 5.99. The molecular weight excluding hydrogens is 208 g/mol. The molecule has 0 saturated carbocycles. The zero-order valence-corrected chi connectivity index (χ0v) is 10.1. The van der Waals surface area contributed by atoms with Crippen molar-refractivity contribution >= 4 is 11.9 Å². The summed E-state index contributed by atoms with van der Waals surface area (Å²) < 4.78 is 4.72. The Morgan fingerprint density at radius 3 is 2.75 bits per heavy atom. The molecule has 5 nitrogen and oxygen atoms in total. The molecule has 0 aliphatic carbocycles. The van der Waals surface area contributed by atoms with Crippen LogP contribution in [0.5, 0.6) is 0 Å². The van der Waals surface area contributed by atoms with Crippen molar-refractivity contribution in [2.45, 2.75) is 38.8 Å². The lowest BCUT2D eigenvalue weighted by molar-refractivity contribution is -0.144. The van der Waals surface area contributed by atoms with Gasteiger partial charge in [-0.05, 0) is 12.3 Å². The maximum atomic E-state index is 11.5. The molecule has 2 atom stereocenters. The number of methoxy groups -OCH3 is 1. The molecule has 0 bridgehead atoms. The van der Waals surface area contributed by atoms with E-state index in [0.29, 0.717) is 13.0 Å². The van der Waals surface area contributed by atoms with E-state index in [4.69, 9.17) is 4.74 Å². The number of amides is 1. The first-order chi connectivity index (χ1) is 7.54. The summed E-state index contributed by atoms with van der Waals surface area (Å²) in [5.74, 6) is 0.00911. The third kappa shape index (κ3) is 3.48. The average molecular weight is 228 g/mol. The maximum Gasteiger partial charge on any atom is 0.323 e. The standard InChI is InChI=1S/C11H20N2O3/c1-7(2)10(11(15)16-3)12-6-8-4-5-9(14)13-8/h7-8,10,12H,4-6H2,1-3H3,(H,13,14). The van der Waals surface area contributed by atoms with Crippen molar-refractivity contribution in [3.63, 3.8) is 0 Å². The van der Waals surface area contributed by atoms with Crippen molar-refractivity contribution in [2.75, 3.05) is 13.7 Å². The fourth-order valence-corrected chi connectivity index (χ4v) is 1.82. The van der Waals surface area contributed by atoms with Gasteiger partial charge in [-0.15, -0.1) is 0 Å². The lowest BCUT2D eigenvalue weighted by atomic mass is 10.0. The molecule has 1 aliphatic rings. The third-order valence-corrected chi connectivity index (χ3v) is 2.79. The number of rotatable bonds is 5. The van der Waals surface area contributed by atoms with Crippen molar-refractivity contribution in [2.24, 2.45) is 5.92 Å². The van der Waals surface area contributed by atoms with Crippen LogP contribution in [0.4, 0.5) is 0 Å². The van der Waals surface area contributed by atoms with E-state index >= 15 is 0 Å². The van der Waals surface area contributed by atoms with E-state index in [1.54, 1.807) is 0 Å². The molecule has 0 spiro atoms. The minimum atomic E-state index is -0.303. The molecule has 1 aliphatic heterocycles. The van der Waals surface area contributed by atoms with Crippen LogP contribution in [0.15, 0.2) is 0 Å². The molecule has 0 aromatic carbocycles. The molecule has 1 heterocycles. The molecule has 0 radical (unpaired) electrons. The van der Waals surface area contributed by atoms with Crippen LogP contribution in [-0.4, -0.2) is 37.6 Å². The molecule has 5 heteroatoms. The van der Waals surface area contributed by atoms with Crippen molar-refractivity contribution in [1.82, 2.24) is 10.6 Å². The molecule has 1 fully saturated rings. The van der Waals surface area contributed by atoms with E-state index in [1.807, 2.05) is 13.8 Å². The lowest BCUT2D eigenvalue weighted by Gasteiger charge is -2.21. The topological polar surface area (TPSA) is 67.4 Å². The van der Waals surface area contributed by atoms with Crippen molar-refractivity contribution < 1.29 is 14.3 Å². The Morgan fingerprint density at radius 1 is 1.62 bits per heavy atom. The largest absolute Gasteiger partial charge is 0.468 e. The summed E-state index contributed by atoms with van der Waals surface area (Å²) >= 11 is 0. The third-order valence-electron chi connectivity index (χ3n) is 2.79. The van der Waals surface area contributed by atoms with Gasteiger partial charge in [-0.2, -0.15) is 0 Å². The predicted molar refractivity (Wildman–Crippen MR) is 59.8 cm³/mol. The van der Waals surface area contributed by atoms with Crippen LogP contribution in [0, 0.1) is 5.92 Å². The van der Waals surface area contributed by atoms with Gasteiger partial charge in [-0.1, -0.05) is 13.8 Å². The van der Waals surface area contributed by atoms with Crippen molar-refractivity contribution in [3.8, 4) is 0 Å². The molecule has 92 valence electrons. The second kappa shape index (κ2) is 5.84. The summed E-state index contributed by atoms with van der Waals surface area (Å²) in [6.07, 6.45) is 1.41. The zero-order chi connectivity index (χ0) is 12.1. The number of carbonyl (C=O) groups is 2. The van der Waals surface area contributed by atoms with Gasteiger partial charge in [0.2, 0.25) is 5.91 Å². The molecule has 2 N–H and O–H groups in total. The Bertz CT molecular complexity index is 266. The minimum absolute atomic E-state index is 0.0889. The predicted octanol–water partition coefficient (Wildman–Crippen LogP) is 0.0522. The van der Waals surface area contributed by atoms with Gasteiger partial charge < -0.3 is 15.4 Å². The molecular formula is C11H20N2O3. The van der Waals surface area contributed by atoms with Crippen LogP contribution < -0.4 is 10.6 Å². The number of hydrogen-bond acceptors (Lipinski definition) is 4. The summed E-state index contributed by atoms with van der Waals surface area (Å²) in [7, 11) is 1.39. The molecule has 1 saturated heterocycles. The average Bonchev–Trinajstić information content (AvgIpc) is 2.63. The van der Waals surface area contributed by atoms with E-state index in [2.05, 4.69) is 10.6 Å². The van der Waals surface area contributed by atoms with E-state index in [1.165, 1.54) is 7.11 Å². The van der Waals surface area contributed by atoms with E-state index in [9.17, 15) is 9.59 Å². The number of carbonyl (C=O) groups excluding carboxylic acids is 2. The Hall–Kier alpha value is -1.10. The Balaban J connectivity index is 2.38. The van der Waals surface area contributed by atoms with Gasteiger partial charge in [0.05, 0.1) is 7.11 Å². The highest BCUT2D eigenvalue weighted by Crippen LogP contribution is 2.08. The molecule has 1 rings (SSSR count). The van der Waals surface area contributed by atoms with Gasteiger partial charge in [0.1, 0.15) is 6.04 Å². The zero-order valence-electron chi connectivity index (χ0n) is 10.1. The van der Waals surface area contributed by atoms with Gasteiger partial charge in [-0.25, -0.2) is 0 Å². The van der Waals surface area contributed by atoms with Gasteiger partial charge in [0.25, 0.3) is 0 Å². The van der Waals surface area contributed by atoms with Gasteiger partial charge in [-0.3, -0.25) is 9.59 Å². The van der Waals surface area contributed by atoms with Gasteiger partial charge >= 0.3 is 5.97 Å². The SMILES string of the molecule is COC(=O)C(NCC1CCC(=O)N1)C(C)C. The van der Waals surface area contributed by atoms with Crippen LogP contribution in [0.2, 0.25) is 0 Å². The van der Waals surface area contributed by atoms with Crippen molar-refractivity contribution in [1.29, 1.82) is 0 Å². The summed E-state index contributed by atoms with van der Waals surface area (Å²) in [5.41, 5.74) is 0. The van der Waals surface area contributed by atoms with Crippen LogP contribution in [0.3, 0.4) is 0 Å². The fraction of sp³-hybridized carbons (Fsp3) is 0.818. The molecule has 1 amide bonds. The maximum absolute atomic E-state index is 11.5. The summed E-state index contributed by atoms with van der Waals surface area (Å²) in [6, 6.07) is -0.166. The first-order valence-electron chi connectivity index (χ1n) is 5.65. The highest BCUT2D eigenvalue weighted by atomic mass is 16.5. The smallest absolute Gasteiger partial charge is 0.323 e. The second-order valence-electron chi connectivity index (χ2n) is 4.46. The number of hydrogen-bond donors (Lipinski definition) is 2. The van der Waals surface area contributed by atoms with Gasteiger partial charge in [0, 0.05) is 19.0 Å². The van der Waals surface area contributed by atoms with E-state index < -0.39 is 0 Å². The normalized spacial score (nSPS) is 22.0. The Labute approximate surface area is 95.9 Å². The van der Waals surface area contributed by atoms with Crippen LogP contribution >= 0.6 is 0 Å². The number of nitrogens with one attached hydrogen (secondary N) is 2. The van der Waals surface area contributed by atoms with E-state index in [-0.39, 0.29) is 29.9 Å². The lowest BCUT2D eigenvalue weighted by Crippen LogP contribution is -2.47. The molecule has 2 unspecified atom stereocenters. The van der Waals surface area contributed by atoms with Crippen LogP contribution in [0.1, 0.15) is 26.7 Å². The van der Waals surface area contributed by atoms with Crippen LogP contribution in [0.25, 0.3) is 0 Å². The number of ether oxygens (including phenoxy) is 1. The Kier molecular flexibility index (Phi) is 4.73. The highest BCUT2D eigenvalue weighted by Gasteiger charge is 2.26. The first-order valence-corrected chi connectivity index (χ1v) is 5.65. The fourth-order valence-electron chi connectivity index (χ4n) is 1.82. The minimum Gasteiger partial charge on any atom is -0.468 e. The number of esters is 1. The monoisotopic (exact) mass is 228 g/mol. The van der Waals surface area contributed by atoms with Gasteiger partial charge in [0.15, 0.2) is 0 Å². The van der Waals surface area contributed by atoms with Crippen LogP contribution in [-0.2, 0) is 14.3 Å². The van der Waals surface area contributed by atoms with E-state index in [0.717, 1.165) is 6.42 Å². The quantitative estimate of drug-likeness (QED) is 0.653. The summed E-state index contributed by atoms with van der Waals surface area (Å²) in [4.78, 5) is 22.4. The summed E-state index contributed by atoms with van der Waals surface area (Å²) in [6.45, 7) is 4.54. The molecule has 0 aromatic heterocycles. The van der Waals surface area contributed by atoms with Crippen molar-refractivity contribution in [3.05, 3.63) is 0 Å². The second-order valence-corrected chi connectivity index (χ2v) is 4.46. The molecule has 16 heavy (non-hydrogen) atoms. The molecule has 0 aromatic rings. The first kappa shape index (κ1) is 13.0. The Morgan fingerprint density at radius 2 is 2.31 bits per heavy atom. The highest BCUT2D eigenvalue weighted by molar-refractivity contribution is 5.78.